The number of rotatable bonds is 8. The first kappa shape index (κ1) is 19.2. The molecule has 0 saturated carbocycles. The van der Waals surface area contributed by atoms with Gasteiger partial charge in [0.15, 0.2) is 5.69 Å². The van der Waals surface area contributed by atoms with Crippen molar-refractivity contribution < 1.29 is 32.5 Å². The number of carboxylic acid groups (broad SMARTS) is 1. The van der Waals surface area contributed by atoms with Crippen molar-refractivity contribution >= 4 is 17.3 Å². The third-order valence-electron chi connectivity index (χ3n) is 3.18. The standard InChI is InChI=1S/C16H16F3NO4S/c1-2-23-12(7-15(21)22)10-3-5-11(6-4-10)24-8-14-20-13(9-25-14)16(17,18)19/h3-6,9,12H,2,7-8H2,1H3,(H,21,22). The summed E-state index contributed by atoms with van der Waals surface area (Å²) < 4.78 is 48.3. The molecule has 0 radical (unpaired) electrons. The zero-order valence-corrected chi connectivity index (χ0v) is 14.1. The lowest BCUT2D eigenvalue weighted by atomic mass is 10.1. The largest absolute Gasteiger partial charge is 0.486 e. The molecule has 1 N–H and O–H groups in total. The molecule has 0 bridgehead atoms. The first-order chi connectivity index (χ1) is 11.8. The van der Waals surface area contributed by atoms with Crippen LogP contribution in [0.4, 0.5) is 13.2 Å². The predicted molar refractivity (Wildman–Crippen MR) is 84.5 cm³/mol. The molecule has 0 fully saturated rings. The summed E-state index contributed by atoms with van der Waals surface area (Å²) in [6.07, 6.45) is -5.19. The maximum Gasteiger partial charge on any atom is 0.434 e. The Morgan fingerprint density at radius 3 is 2.52 bits per heavy atom. The smallest absolute Gasteiger partial charge is 0.434 e. The van der Waals surface area contributed by atoms with Crippen LogP contribution in [0.1, 0.15) is 35.7 Å². The van der Waals surface area contributed by atoms with Gasteiger partial charge >= 0.3 is 12.1 Å². The Balaban J connectivity index is 1.97. The van der Waals surface area contributed by atoms with Gasteiger partial charge in [-0.05, 0) is 24.6 Å². The van der Waals surface area contributed by atoms with Gasteiger partial charge in [-0.15, -0.1) is 11.3 Å². The summed E-state index contributed by atoms with van der Waals surface area (Å²) >= 11 is 0.876. The van der Waals surface area contributed by atoms with Gasteiger partial charge in [0.2, 0.25) is 0 Å². The number of ether oxygens (including phenoxy) is 2. The van der Waals surface area contributed by atoms with E-state index in [2.05, 4.69) is 4.98 Å². The molecule has 9 heteroatoms. The molecule has 0 aliphatic rings. The lowest BCUT2D eigenvalue weighted by Crippen LogP contribution is -2.10. The van der Waals surface area contributed by atoms with Crippen LogP contribution >= 0.6 is 11.3 Å². The molecule has 1 aromatic heterocycles. The number of carboxylic acids is 1. The molecule has 0 saturated heterocycles. The highest BCUT2D eigenvalue weighted by Crippen LogP contribution is 2.30. The minimum Gasteiger partial charge on any atom is -0.486 e. The number of carbonyl (C=O) groups is 1. The van der Waals surface area contributed by atoms with Crippen molar-refractivity contribution in [2.45, 2.75) is 32.2 Å². The average molecular weight is 375 g/mol. The van der Waals surface area contributed by atoms with Crippen LogP contribution in [0.5, 0.6) is 5.75 Å². The minimum atomic E-state index is -4.46. The van der Waals surface area contributed by atoms with Gasteiger partial charge in [0.25, 0.3) is 0 Å². The van der Waals surface area contributed by atoms with Crippen molar-refractivity contribution in [1.82, 2.24) is 4.98 Å². The monoisotopic (exact) mass is 375 g/mol. The number of nitrogens with zero attached hydrogens (tertiary/aromatic N) is 1. The topological polar surface area (TPSA) is 68.7 Å². The molecule has 2 aromatic rings. The predicted octanol–water partition coefficient (Wildman–Crippen LogP) is 4.29. The summed E-state index contributed by atoms with van der Waals surface area (Å²) in [5.74, 6) is -0.527. The number of benzene rings is 1. The normalized spacial score (nSPS) is 12.8. The second-order valence-corrected chi connectivity index (χ2v) is 5.97. The van der Waals surface area contributed by atoms with Gasteiger partial charge in [0.05, 0.1) is 12.5 Å². The molecule has 0 spiro atoms. The van der Waals surface area contributed by atoms with Crippen LogP contribution in [0.3, 0.4) is 0 Å². The van der Waals surface area contributed by atoms with Crippen LogP contribution in [0, 0.1) is 0 Å². The zero-order chi connectivity index (χ0) is 18.4. The Bertz CT molecular complexity index is 700. The second-order valence-electron chi connectivity index (χ2n) is 5.02. The lowest BCUT2D eigenvalue weighted by molar-refractivity contribution is -0.141. The Morgan fingerprint density at radius 1 is 1.32 bits per heavy atom. The summed E-state index contributed by atoms with van der Waals surface area (Å²) in [6, 6.07) is 6.56. The summed E-state index contributed by atoms with van der Waals surface area (Å²) in [4.78, 5) is 14.3. The Labute approximate surface area is 146 Å². The molecule has 1 aromatic carbocycles. The average Bonchev–Trinajstić information content (AvgIpc) is 3.02. The van der Waals surface area contributed by atoms with E-state index in [0.717, 1.165) is 16.7 Å². The van der Waals surface area contributed by atoms with Gasteiger partial charge in [-0.2, -0.15) is 13.2 Å². The number of aliphatic carboxylic acids is 1. The second kappa shape index (κ2) is 8.30. The number of halogens is 3. The van der Waals surface area contributed by atoms with Gasteiger partial charge < -0.3 is 14.6 Å². The van der Waals surface area contributed by atoms with Crippen LogP contribution < -0.4 is 4.74 Å². The molecule has 2 rings (SSSR count). The maximum atomic E-state index is 12.5. The van der Waals surface area contributed by atoms with E-state index < -0.39 is 23.9 Å². The Hall–Kier alpha value is -2.13. The SMILES string of the molecule is CCOC(CC(=O)O)c1ccc(OCc2nc(C(F)(F)F)cs2)cc1. The number of alkyl halides is 3. The van der Waals surface area contributed by atoms with Crippen molar-refractivity contribution in [3.05, 3.63) is 45.9 Å². The van der Waals surface area contributed by atoms with E-state index in [1.165, 1.54) is 0 Å². The van der Waals surface area contributed by atoms with Crippen LogP contribution in [0.2, 0.25) is 0 Å². The highest BCUT2D eigenvalue weighted by atomic mass is 32.1. The molecule has 1 atom stereocenters. The van der Waals surface area contributed by atoms with Gasteiger partial charge in [0.1, 0.15) is 17.4 Å². The van der Waals surface area contributed by atoms with Crippen LogP contribution in [0.15, 0.2) is 29.6 Å². The zero-order valence-electron chi connectivity index (χ0n) is 13.2. The number of thiazole rings is 1. The Kier molecular flexibility index (Phi) is 6.38. The summed E-state index contributed by atoms with van der Waals surface area (Å²) in [7, 11) is 0. The third-order valence-corrected chi connectivity index (χ3v) is 4.01. The van der Waals surface area contributed by atoms with Gasteiger partial charge in [-0.1, -0.05) is 12.1 Å². The van der Waals surface area contributed by atoms with E-state index in [1.54, 1.807) is 31.2 Å². The van der Waals surface area contributed by atoms with Gasteiger partial charge in [-0.3, -0.25) is 4.79 Å². The van der Waals surface area contributed by atoms with E-state index in [9.17, 15) is 18.0 Å². The highest BCUT2D eigenvalue weighted by molar-refractivity contribution is 7.09. The van der Waals surface area contributed by atoms with E-state index in [-0.39, 0.29) is 18.0 Å². The molecule has 0 aliphatic heterocycles. The molecular formula is C16H16F3NO4S. The van der Waals surface area contributed by atoms with Crippen molar-refractivity contribution in [2.75, 3.05) is 6.61 Å². The molecule has 136 valence electrons. The molecule has 1 heterocycles. The van der Waals surface area contributed by atoms with Crippen molar-refractivity contribution in [3.63, 3.8) is 0 Å². The first-order valence-corrected chi connectivity index (χ1v) is 8.25. The van der Waals surface area contributed by atoms with E-state index in [4.69, 9.17) is 14.6 Å². The fourth-order valence-corrected chi connectivity index (χ4v) is 2.78. The van der Waals surface area contributed by atoms with Crippen LogP contribution in [-0.2, 0) is 22.3 Å². The molecule has 1 unspecified atom stereocenters. The summed E-state index contributed by atoms with van der Waals surface area (Å²) in [5, 5.41) is 10.1. The number of hydrogen-bond donors (Lipinski definition) is 1. The van der Waals surface area contributed by atoms with Gasteiger partial charge in [-0.25, -0.2) is 4.98 Å². The third kappa shape index (κ3) is 5.71. The lowest BCUT2D eigenvalue weighted by Gasteiger charge is -2.15. The van der Waals surface area contributed by atoms with Crippen molar-refractivity contribution in [2.24, 2.45) is 0 Å². The first-order valence-electron chi connectivity index (χ1n) is 7.37. The number of hydrogen-bond acceptors (Lipinski definition) is 5. The van der Waals surface area contributed by atoms with Crippen LogP contribution in [0.25, 0.3) is 0 Å². The van der Waals surface area contributed by atoms with E-state index in [1.807, 2.05) is 0 Å². The fourth-order valence-electron chi connectivity index (χ4n) is 2.06. The minimum absolute atomic E-state index is 0.0793. The van der Waals surface area contributed by atoms with Gasteiger partial charge in [0, 0.05) is 12.0 Å². The molecule has 25 heavy (non-hydrogen) atoms. The number of aromatic nitrogens is 1. The highest BCUT2D eigenvalue weighted by Gasteiger charge is 2.33. The van der Waals surface area contributed by atoms with Crippen molar-refractivity contribution in [3.8, 4) is 5.75 Å². The van der Waals surface area contributed by atoms with Crippen LogP contribution in [-0.4, -0.2) is 22.7 Å². The van der Waals surface area contributed by atoms with E-state index in [0.29, 0.717) is 17.9 Å². The summed E-state index contributed by atoms with van der Waals surface area (Å²) in [5.41, 5.74) is -0.245. The molecule has 5 nitrogen and oxygen atoms in total. The molecule has 0 aliphatic carbocycles. The Morgan fingerprint density at radius 2 is 2.00 bits per heavy atom. The van der Waals surface area contributed by atoms with Crippen molar-refractivity contribution in [1.29, 1.82) is 0 Å². The maximum absolute atomic E-state index is 12.5. The fraction of sp³-hybridized carbons (Fsp3) is 0.375. The quantitative estimate of drug-likeness (QED) is 0.745. The molecular weight excluding hydrogens is 359 g/mol. The summed E-state index contributed by atoms with van der Waals surface area (Å²) in [6.45, 7) is 2.07. The van der Waals surface area contributed by atoms with E-state index >= 15 is 0 Å². The molecule has 0 amide bonds.